The molecule has 1 aliphatic rings. The highest BCUT2D eigenvalue weighted by atomic mass is 16.5. The second kappa shape index (κ2) is 8.44. The van der Waals surface area contributed by atoms with Crippen molar-refractivity contribution in [1.82, 2.24) is 10.3 Å². The summed E-state index contributed by atoms with van der Waals surface area (Å²) < 4.78 is 4.91. The topological polar surface area (TPSA) is 83.6 Å². The molecule has 0 saturated carbocycles. The van der Waals surface area contributed by atoms with Crippen LogP contribution in [0.5, 0.6) is 0 Å². The van der Waals surface area contributed by atoms with Gasteiger partial charge in [0.2, 0.25) is 0 Å². The minimum absolute atomic E-state index is 0.0826. The van der Waals surface area contributed by atoms with Gasteiger partial charge in [-0.2, -0.15) is 0 Å². The molecule has 1 aliphatic heterocycles. The van der Waals surface area contributed by atoms with E-state index in [1.54, 1.807) is 36.5 Å². The van der Waals surface area contributed by atoms with Crippen LogP contribution in [0.3, 0.4) is 0 Å². The molecule has 2 N–H and O–H groups in total. The first-order valence-electron chi connectivity index (χ1n) is 8.57. The lowest BCUT2D eigenvalue weighted by molar-refractivity contribution is 0.0985. The van der Waals surface area contributed by atoms with E-state index >= 15 is 0 Å². The summed E-state index contributed by atoms with van der Waals surface area (Å²) >= 11 is 0. The van der Waals surface area contributed by atoms with Gasteiger partial charge in [-0.05, 0) is 42.7 Å². The normalized spacial score (nSPS) is 13.0. The fraction of sp³-hybridized carbons (Fsp3) is 0.316. The average molecular weight is 354 g/mol. The highest BCUT2D eigenvalue weighted by Gasteiger charge is 2.24. The average Bonchev–Trinajstić information content (AvgIpc) is 2.68. The third-order valence-corrected chi connectivity index (χ3v) is 4.21. The van der Waals surface area contributed by atoms with E-state index < -0.39 is 0 Å². The molecule has 136 valence electrons. The Kier molecular flexibility index (Phi) is 5.80. The number of nitrogens with zero attached hydrogens (tertiary/aromatic N) is 2. The van der Waals surface area contributed by atoms with Gasteiger partial charge in [0.25, 0.3) is 5.91 Å². The van der Waals surface area contributed by atoms with Gasteiger partial charge >= 0.3 is 6.03 Å². The molecule has 1 aromatic carbocycles. The van der Waals surface area contributed by atoms with Crippen molar-refractivity contribution in [2.75, 3.05) is 37.0 Å². The summed E-state index contributed by atoms with van der Waals surface area (Å²) in [6.45, 7) is 1.52. The maximum atomic E-state index is 12.8. The van der Waals surface area contributed by atoms with Crippen LogP contribution in [0.25, 0.3) is 0 Å². The Morgan fingerprint density at radius 1 is 1.31 bits per heavy atom. The van der Waals surface area contributed by atoms with Crippen LogP contribution < -0.4 is 15.5 Å². The van der Waals surface area contributed by atoms with Crippen LogP contribution in [0.2, 0.25) is 0 Å². The van der Waals surface area contributed by atoms with Gasteiger partial charge < -0.3 is 20.3 Å². The Bertz CT molecular complexity index is 780. The second-order valence-electron chi connectivity index (χ2n) is 6.02. The van der Waals surface area contributed by atoms with Gasteiger partial charge in [0.15, 0.2) is 0 Å². The van der Waals surface area contributed by atoms with Crippen molar-refractivity contribution >= 4 is 23.3 Å². The first-order valence-corrected chi connectivity index (χ1v) is 8.57. The van der Waals surface area contributed by atoms with Crippen molar-refractivity contribution in [1.29, 1.82) is 0 Å². The van der Waals surface area contributed by atoms with Crippen molar-refractivity contribution in [3.05, 3.63) is 53.9 Å². The Balaban J connectivity index is 1.77. The Morgan fingerprint density at radius 3 is 2.96 bits per heavy atom. The summed E-state index contributed by atoms with van der Waals surface area (Å²) in [6.07, 6.45) is 5.03. The van der Waals surface area contributed by atoms with E-state index in [1.165, 1.54) is 0 Å². The van der Waals surface area contributed by atoms with Crippen molar-refractivity contribution in [2.24, 2.45) is 0 Å². The van der Waals surface area contributed by atoms with Crippen LogP contribution in [0.1, 0.15) is 22.3 Å². The highest BCUT2D eigenvalue weighted by molar-refractivity contribution is 6.07. The van der Waals surface area contributed by atoms with E-state index in [0.29, 0.717) is 30.9 Å². The molecular formula is C19H22N4O3. The van der Waals surface area contributed by atoms with E-state index in [0.717, 1.165) is 24.1 Å². The maximum absolute atomic E-state index is 12.8. The number of ether oxygens (including phenoxy) is 1. The molecule has 0 unspecified atom stereocenters. The Morgan fingerprint density at radius 2 is 2.19 bits per heavy atom. The van der Waals surface area contributed by atoms with Crippen molar-refractivity contribution in [3.63, 3.8) is 0 Å². The van der Waals surface area contributed by atoms with Gasteiger partial charge in [-0.25, -0.2) is 4.79 Å². The number of carbonyl (C=O) groups excluding carboxylic acids is 2. The number of aryl methyl sites for hydroxylation is 1. The lowest BCUT2D eigenvalue weighted by Crippen LogP contribution is -2.36. The molecule has 0 radical (unpaired) electrons. The summed E-state index contributed by atoms with van der Waals surface area (Å²) in [4.78, 5) is 30.5. The van der Waals surface area contributed by atoms with Crippen molar-refractivity contribution in [3.8, 4) is 0 Å². The number of amides is 3. The summed E-state index contributed by atoms with van der Waals surface area (Å²) in [7, 11) is 1.58. The molecule has 0 saturated heterocycles. The number of aromatic nitrogens is 1. The van der Waals surface area contributed by atoms with Gasteiger partial charge in [-0.3, -0.25) is 9.78 Å². The number of carbonyl (C=O) groups is 2. The molecule has 0 fully saturated rings. The van der Waals surface area contributed by atoms with Crippen LogP contribution in [0, 0.1) is 0 Å². The molecular weight excluding hydrogens is 332 g/mol. The number of methoxy groups -OCH3 is 1. The molecule has 0 atom stereocenters. The lowest BCUT2D eigenvalue weighted by Gasteiger charge is -2.30. The second-order valence-corrected chi connectivity index (χ2v) is 6.02. The van der Waals surface area contributed by atoms with Gasteiger partial charge in [-0.15, -0.1) is 0 Å². The van der Waals surface area contributed by atoms with E-state index in [9.17, 15) is 9.59 Å². The first kappa shape index (κ1) is 17.9. The van der Waals surface area contributed by atoms with Crippen molar-refractivity contribution < 1.29 is 14.3 Å². The molecule has 1 aromatic heterocycles. The molecule has 0 spiro atoms. The zero-order chi connectivity index (χ0) is 18.4. The van der Waals surface area contributed by atoms with Gasteiger partial charge in [0, 0.05) is 44.0 Å². The number of anilines is 2. The minimum atomic E-state index is -0.303. The van der Waals surface area contributed by atoms with Gasteiger partial charge in [-0.1, -0.05) is 6.07 Å². The van der Waals surface area contributed by atoms with E-state index in [1.807, 2.05) is 18.2 Å². The zero-order valence-corrected chi connectivity index (χ0v) is 14.7. The molecule has 3 amide bonds. The Hall–Kier alpha value is -2.93. The SMILES string of the molecule is COCCNC(=O)Nc1ccc2c(c1)N(C(=O)c1cccnc1)CCC2. The van der Waals surface area contributed by atoms with Crippen molar-refractivity contribution in [2.45, 2.75) is 12.8 Å². The number of benzene rings is 1. The van der Waals surface area contributed by atoms with E-state index in [2.05, 4.69) is 15.6 Å². The van der Waals surface area contributed by atoms with Crippen LogP contribution in [0.15, 0.2) is 42.7 Å². The quantitative estimate of drug-likeness (QED) is 0.808. The molecule has 7 heteroatoms. The predicted molar refractivity (Wildman–Crippen MR) is 99.6 cm³/mol. The summed E-state index contributed by atoms with van der Waals surface area (Å²) in [6, 6.07) is 8.87. The maximum Gasteiger partial charge on any atom is 0.319 e. The lowest BCUT2D eigenvalue weighted by atomic mass is 10.0. The molecule has 2 heterocycles. The number of fused-ring (bicyclic) bond motifs is 1. The number of hydrogen-bond acceptors (Lipinski definition) is 4. The molecule has 7 nitrogen and oxygen atoms in total. The number of nitrogens with one attached hydrogen (secondary N) is 2. The van der Waals surface area contributed by atoms with Crippen LogP contribution in [-0.2, 0) is 11.2 Å². The zero-order valence-electron chi connectivity index (χ0n) is 14.7. The smallest absolute Gasteiger partial charge is 0.319 e. The standard InChI is InChI=1S/C19H22N4O3/c1-26-11-9-21-19(25)22-16-7-6-14-5-3-10-23(17(14)12-16)18(24)15-4-2-8-20-13-15/h2,4,6-8,12-13H,3,5,9-11H2,1H3,(H2,21,22,25). The largest absolute Gasteiger partial charge is 0.383 e. The van der Waals surface area contributed by atoms with Crippen LogP contribution >= 0.6 is 0 Å². The Labute approximate surface area is 152 Å². The molecule has 3 rings (SSSR count). The van der Waals surface area contributed by atoms with Crippen LogP contribution in [-0.4, -0.2) is 43.7 Å². The molecule has 2 aromatic rings. The number of hydrogen-bond donors (Lipinski definition) is 2. The molecule has 26 heavy (non-hydrogen) atoms. The predicted octanol–water partition coefficient (Wildman–Crippen LogP) is 2.44. The fourth-order valence-electron chi connectivity index (χ4n) is 2.95. The van der Waals surface area contributed by atoms with E-state index in [4.69, 9.17) is 4.74 Å². The summed E-state index contributed by atoms with van der Waals surface area (Å²) in [5.74, 6) is -0.0826. The number of urea groups is 1. The van der Waals surface area contributed by atoms with Gasteiger partial charge in [0.1, 0.15) is 0 Å². The minimum Gasteiger partial charge on any atom is -0.383 e. The first-order chi connectivity index (χ1) is 12.7. The molecule has 0 bridgehead atoms. The summed E-state index contributed by atoms with van der Waals surface area (Å²) in [5.41, 5.74) is 3.12. The fourth-order valence-corrected chi connectivity index (χ4v) is 2.95. The number of pyridine rings is 1. The van der Waals surface area contributed by atoms with E-state index in [-0.39, 0.29) is 11.9 Å². The third-order valence-electron chi connectivity index (χ3n) is 4.21. The molecule has 0 aliphatic carbocycles. The van der Waals surface area contributed by atoms with Crippen LogP contribution in [0.4, 0.5) is 16.2 Å². The summed E-state index contributed by atoms with van der Waals surface area (Å²) in [5, 5.41) is 5.50. The highest BCUT2D eigenvalue weighted by Crippen LogP contribution is 2.31. The number of rotatable bonds is 5. The van der Waals surface area contributed by atoms with Gasteiger partial charge in [0.05, 0.1) is 12.2 Å². The third kappa shape index (κ3) is 4.18. The monoisotopic (exact) mass is 354 g/mol.